The molecule has 2 aliphatic heterocycles. The highest BCUT2D eigenvalue weighted by atomic mass is 16.5. The van der Waals surface area contributed by atoms with E-state index < -0.39 is 0 Å². The summed E-state index contributed by atoms with van der Waals surface area (Å²) in [6.07, 6.45) is 5.89. The predicted octanol–water partition coefficient (Wildman–Crippen LogP) is 1.07. The van der Waals surface area contributed by atoms with E-state index in [9.17, 15) is 4.79 Å². The Balaban J connectivity index is 1.49. The Morgan fingerprint density at radius 1 is 1.18 bits per heavy atom. The van der Waals surface area contributed by atoms with Crippen molar-refractivity contribution < 1.29 is 14.3 Å². The molecule has 1 unspecified atom stereocenters. The molecule has 1 aromatic heterocycles. The summed E-state index contributed by atoms with van der Waals surface area (Å²) >= 11 is 0. The molecule has 1 atom stereocenters. The topological polar surface area (TPSA) is 79.8 Å². The van der Waals surface area contributed by atoms with Crippen molar-refractivity contribution in [3.63, 3.8) is 0 Å². The maximum atomic E-state index is 12.4. The molecule has 28 heavy (non-hydrogen) atoms. The molecule has 1 N–H and O–H groups in total. The third-order valence-corrected chi connectivity index (χ3v) is 5.74. The summed E-state index contributed by atoms with van der Waals surface area (Å²) in [6, 6.07) is 2.57. The van der Waals surface area contributed by atoms with E-state index in [1.54, 1.807) is 20.5 Å². The molecule has 1 amide bonds. The summed E-state index contributed by atoms with van der Waals surface area (Å²) < 4.78 is 10.2. The van der Waals surface area contributed by atoms with Crippen LogP contribution in [0.4, 0.5) is 5.82 Å². The molecule has 1 aromatic rings. The Hall–Kier alpha value is -1.77. The zero-order chi connectivity index (χ0) is 19.8. The fraction of sp³-hybridized carbons (Fsp3) is 0.750. The van der Waals surface area contributed by atoms with Gasteiger partial charge in [-0.1, -0.05) is 0 Å². The Bertz CT molecular complexity index is 622. The van der Waals surface area contributed by atoms with Crippen LogP contribution in [0.2, 0.25) is 0 Å². The lowest BCUT2D eigenvalue weighted by atomic mass is 9.93. The summed E-state index contributed by atoms with van der Waals surface area (Å²) in [5, 5.41) is 3.00. The van der Waals surface area contributed by atoms with Gasteiger partial charge in [0.05, 0.1) is 24.8 Å². The summed E-state index contributed by atoms with van der Waals surface area (Å²) in [6.45, 7) is 5.59. The smallest absolute Gasteiger partial charge is 0.224 e. The van der Waals surface area contributed by atoms with Crippen LogP contribution < -0.4 is 10.2 Å². The number of hydrogen-bond donors (Lipinski definition) is 1. The van der Waals surface area contributed by atoms with E-state index in [0.29, 0.717) is 25.8 Å². The van der Waals surface area contributed by atoms with Crippen molar-refractivity contribution >= 4 is 11.7 Å². The van der Waals surface area contributed by atoms with Crippen LogP contribution in [0.5, 0.6) is 0 Å². The minimum atomic E-state index is 0.0992. The van der Waals surface area contributed by atoms with Gasteiger partial charge in [-0.05, 0) is 32.2 Å². The van der Waals surface area contributed by atoms with Crippen LogP contribution in [0.3, 0.4) is 0 Å². The van der Waals surface area contributed by atoms with Crippen LogP contribution in [-0.4, -0.2) is 80.4 Å². The second-order valence-corrected chi connectivity index (χ2v) is 7.64. The quantitative estimate of drug-likeness (QED) is 0.664. The van der Waals surface area contributed by atoms with Crippen LogP contribution in [0.25, 0.3) is 0 Å². The summed E-state index contributed by atoms with van der Waals surface area (Å²) in [5.74, 6) is 1.25. The van der Waals surface area contributed by atoms with Crippen molar-refractivity contribution in [2.24, 2.45) is 5.92 Å². The number of ether oxygens (including phenoxy) is 2. The monoisotopic (exact) mass is 391 g/mol. The van der Waals surface area contributed by atoms with Gasteiger partial charge >= 0.3 is 0 Å². The fourth-order valence-electron chi connectivity index (χ4n) is 4.22. The number of amides is 1. The number of nitrogens with zero attached hydrogens (tertiary/aromatic N) is 4. The number of likely N-dealkylation sites (tertiary alicyclic amines) is 1. The van der Waals surface area contributed by atoms with Crippen LogP contribution >= 0.6 is 0 Å². The second kappa shape index (κ2) is 10.7. The Labute approximate surface area is 167 Å². The lowest BCUT2D eigenvalue weighted by molar-refractivity contribution is -0.127. The van der Waals surface area contributed by atoms with Gasteiger partial charge in [0.1, 0.15) is 12.1 Å². The lowest BCUT2D eigenvalue weighted by Gasteiger charge is -2.42. The minimum absolute atomic E-state index is 0.0992. The number of hydrogen-bond acceptors (Lipinski definition) is 7. The molecular weight excluding hydrogens is 358 g/mol. The standard InChI is InChI=1S/C20H33N5O3/c1-27-11-7-21-20(26)16-4-3-8-25(13-16)18-5-9-24(10-6-18)19-12-17(14-28-2)22-15-23-19/h12,15-16,18H,3-11,13-14H2,1-2H3,(H,21,26). The first-order chi connectivity index (χ1) is 13.7. The van der Waals surface area contributed by atoms with E-state index >= 15 is 0 Å². The highest BCUT2D eigenvalue weighted by Crippen LogP contribution is 2.26. The van der Waals surface area contributed by atoms with Crippen LogP contribution in [0.15, 0.2) is 12.4 Å². The minimum Gasteiger partial charge on any atom is -0.383 e. The number of carbonyl (C=O) groups is 1. The van der Waals surface area contributed by atoms with Gasteiger partial charge in [0, 0.05) is 52.5 Å². The van der Waals surface area contributed by atoms with E-state index in [-0.39, 0.29) is 11.8 Å². The Kier molecular flexibility index (Phi) is 8.00. The summed E-state index contributed by atoms with van der Waals surface area (Å²) in [4.78, 5) is 25.9. The highest BCUT2D eigenvalue weighted by Gasteiger charge is 2.31. The first kappa shape index (κ1) is 21.0. The highest BCUT2D eigenvalue weighted by molar-refractivity contribution is 5.78. The maximum absolute atomic E-state index is 12.4. The van der Waals surface area contributed by atoms with Crippen molar-refractivity contribution in [2.75, 3.05) is 58.5 Å². The zero-order valence-corrected chi connectivity index (χ0v) is 17.1. The van der Waals surface area contributed by atoms with Crippen LogP contribution in [0.1, 0.15) is 31.4 Å². The normalized spacial score (nSPS) is 21.6. The Morgan fingerprint density at radius 3 is 2.75 bits per heavy atom. The molecule has 2 saturated heterocycles. The average molecular weight is 392 g/mol. The van der Waals surface area contributed by atoms with Crippen molar-refractivity contribution in [3.05, 3.63) is 18.1 Å². The number of methoxy groups -OCH3 is 2. The molecule has 0 spiro atoms. The third-order valence-electron chi connectivity index (χ3n) is 5.74. The van der Waals surface area contributed by atoms with E-state index in [2.05, 4.69) is 25.1 Å². The van der Waals surface area contributed by atoms with Crippen molar-refractivity contribution in [2.45, 2.75) is 38.3 Å². The van der Waals surface area contributed by atoms with Gasteiger partial charge in [0.15, 0.2) is 0 Å². The largest absolute Gasteiger partial charge is 0.383 e. The zero-order valence-electron chi connectivity index (χ0n) is 17.1. The maximum Gasteiger partial charge on any atom is 0.224 e. The molecule has 3 heterocycles. The molecule has 0 radical (unpaired) electrons. The van der Waals surface area contributed by atoms with Crippen molar-refractivity contribution in [1.29, 1.82) is 0 Å². The van der Waals surface area contributed by atoms with E-state index in [0.717, 1.165) is 63.4 Å². The summed E-state index contributed by atoms with van der Waals surface area (Å²) in [5.41, 5.74) is 0.910. The predicted molar refractivity (Wildman–Crippen MR) is 107 cm³/mol. The summed E-state index contributed by atoms with van der Waals surface area (Å²) in [7, 11) is 3.33. The first-order valence-corrected chi connectivity index (χ1v) is 10.3. The third kappa shape index (κ3) is 5.62. The molecule has 8 heteroatoms. The van der Waals surface area contributed by atoms with Gasteiger partial charge in [-0.3, -0.25) is 9.69 Å². The molecule has 156 valence electrons. The number of piperidine rings is 2. The number of anilines is 1. The van der Waals surface area contributed by atoms with Crippen molar-refractivity contribution in [3.8, 4) is 0 Å². The molecule has 0 aliphatic carbocycles. The molecule has 8 nitrogen and oxygen atoms in total. The van der Waals surface area contributed by atoms with Crippen molar-refractivity contribution in [1.82, 2.24) is 20.2 Å². The van der Waals surface area contributed by atoms with Gasteiger partial charge in [-0.15, -0.1) is 0 Å². The van der Waals surface area contributed by atoms with E-state index in [1.165, 1.54) is 0 Å². The van der Waals surface area contributed by atoms with Crippen LogP contribution in [0, 0.1) is 5.92 Å². The average Bonchev–Trinajstić information content (AvgIpc) is 2.74. The number of rotatable bonds is 8. The van der Waals surface area contributed by atoms with E-state index in [1.807, 2.05) is 6.07 Å². The first-order valence-electron chi connectivity index (χ1n) is 10.3. The number of aromatic nitrogens is 2. The number of nitrogens with one attached hydrogen (secondary N) is 1. The molecule has 2 fully saturated rings. The molecule has 0 aromatic carbocycles. The van der Waals surface area contributed by atoms with Gasteiger partial charge in [0.2, 0.25) is 5.91 Å². The van der Waals surface area contributed by atoms with E-state index in [4.69, 9.17) is 9.47 Å². The van der Waals surface area contributed by atoms with Gasteiger partial charge < -0.3 is 19.7 Å². The number of carbonyl (C=O) groups excluding carboxylic acids is 1. The molecule has 2 aliphatic rings. The van der Waals surface area contributed by atoms with Gasteiger partial charge in [-0.25, -0.2) is 9.97 Å². The molecule has 0 bridgehead atoms. The van der Waals surface area contributed by atoms with Gasteiger partial charge in [-0.2, -0.15) is 0 Å². The Morgan fingerprint density at radius 2 is 2.00 bits per heavy atom. The second-order valence-electron chi connectivity index (χ2n) is 7.64. The molecular formula is C20H33N5O3. The van der Waals surface area contributed by atoms with Crippen LogP contribution in [-0.2, 0) is 20.9 Å². The molecule has 3 rings (SSSR count). The fourth-order valence-corrected chi connectivity index (χ4v) is 4.22. The lowest BCUT2D eigenvalue weighted by Crippen LogP contribution is -2.51. The molecule has 0 saturated carbocycles. The van der Waals surface area contributed by atoms with Gasteiger partial charge in [0.25, 0.3) is 0 Å². The SMILES string of the molecule is COCCNC(=O)C1CCCN(C2CCN(c3cc(COC)ncn3)CC2)C1.